The van der Waals surface area contributed by atoms with Crippen molar-refractivity contribution in [2.24, 2.45) is 10.7 Å². The van der Waals surface area contributed by atoms with Crippen LogP contribution in [0, 0.1) is 0 Å². The van der Waals surface area contributed by atoms with Crippen LogP contribution in [0.25, 0.3) is 0 Å². The number of nitrogens with zero attached hydrogens (tertiary/aromatic N) is 1. The maximum atomic E-state index is 5.54. The molecule has 52 valence electrons. The van der Waals surface area contributed by atoms with Crippen LogP contribution in [0.1, 0.15) is 19.8 Å². The molecule has 0 spiro atoms. The molecule has 2 N–H and O–H groups in total. The Labute approximate surface area is 56.5 Å². The van der Waals surface area contributed by atoms with Gasteiger partial charge in [-0.05, 0) is 12.5 Å². The summed E-state index contributed by atoms with van der Waals surface area (Å²) in [5.41, 5.74) is 6.45. The first-order valence-corrected chi connectivity index (χ1v) is 3.18. The van der Waals surface area contributed by atoms with E-state index in [-0.39, 0.29) is 0 Å². The minimum atomic E-state index is 0.906. The lowest BCUT2D eigenvalue weighted by atomic mass is 10.2. The molecule has 2 heteroatoms. The fraction of sp³-hybridized carbons (Fsp3) is 0.571. The average Bonchev–Trinajstić information content (AvgIpc) is 1.85. The van der Waals surface area contributed by atoms with Crippen molar-refractivity contribution in [3.8, 4) is 0 Å². The topological polar surface area (TPSA) is 38.4 Å². The Bertz CT molecular complexity index is 114. The summed E-state index contributed by atoms with van der Waals surface area (Å²) in [4.78, 5) is 3.78. The Kier molecular flexibility index (Phi) is 4.88. The van der Waals surface area contributed by atoms with Gasteiger partial charge in [0.05, 0.1) is 0 Å². The van der Waals surface area contributed by atoms with Crippen LogP contribution in [0.15, 0.2) is 16.8 Å². The van der Waals surface area contributed by atoms with Crippen molar-refractivity contribution in [2.45, 2.75) is 19.8 Å². The summed E-state index contributed by atoms with van der Waals surface area (Å²) in [6.45, 7) is 2.10. The molecule has 0 saturated carbocycles. The summed E-state index contributed by atoms with van der Waals surface area (Å²) in [5, 5.41) is 0. The minimum Gasteiger partial charge on any atom is -0.402 e. The van der Waals surface area contributed by atoms with Crippen molar-refractivity contribution >= 4 is 6.21 Å². The first-order chi connectivity index (χ1) is 4.31. The van der Waals surface area contributed by atoms with Crippen LogP contribution in [0.4, 0.5) is 0 Å². The highest BCUT2D eigenvalue weighted by atomic mass is 14.6. The van der Waals surface area contributed by atoms with Crippen LogP contribution in [-0.4, -0.2) is 13.3 Å². The van der Waals surface area contributed by atoms with Crippen molar-refractivity contribution in [1.82, 2.24) is 0 Å². The summed E-state index contributed by atoms with van der Waals surface area (Å²) < 4.78 is 0. The number of rotatable bonds is 3. The lowest BCUT2D eigenvalue weighted by molar-refractivity contribution is 0.895. The van der Waals surface area contributed by atoms with Crippen molar-refractivity contribution in [2.75, 3.05) is 7.05 Å². The van der Waals surface area contributed by atoms with E-state index in [2.05, 4.69) is 11.9 Å². The molecule has 0 radical (unpaired) electrons. The molecule has 0 aromatic heterocycles. The number of hydrogen-bond acceptors (Lipinski definition) is 2. The van der Waals surface area contributed by atoms with Gasteiger partial charge in [-0.25, -0.2) is 0 Å². The second-order valence-electron chi connectivity index (χ2n) is 1.90. The molecule has 0 rings (SSSR count). The molecule has 0 saturated heterocycles. The normalized spacial score (nSPS) is 12.9. The van der Waals surface area contributed by atoms with E-state index in [1.807, 2.05) is 6.08 Å². The predicted molar refractivity (Wildman–Crippen MR) is 41.6 cm³/mol. The average molecular weight is 126 g/mol. The van der Waals surface area contributed by atoms with Crippen molar-refractivity contribution < 1.29 is 0 Å². The van der Waals surface area contributed by atoms with Gasteiger partial charge in [0.15, 0.2) is 0 Å². The standard InChI is InChI=1S/C7H14N2/c1-3-4-7(8)5-6-9-2/h5-6H,3-4,8H2,1-2H3/b7-5-,9-6?. The van der Waals surface area contributed by atoms with Gasteiger partial charge in [0.25, 0.3) is 0 Å². The van der Waals surface area contributed by atoms with Gasteiger partial charge in [0, 0.05) is 19.0 Å². The highest BCUT2D eigenvalue weighted by Crippen LogP contribution is 1.93. The van der Waals surface area contributed by atoms with E-state index in [1.165, 1.54) is 0 Å². The number of hydrogen-bond donors (Lipinski definition) is 1. The third-order valence-corrected chi connectivity index (χ3v) is 0.976. The van der Waals surface area contributed by atoms with Crippen LogP contribution in [0.5, 0.6) is 0 Å². The van der Waals surface area contributed by atoms with E-state index in [1.54, 1.807) is 13.3 Å². The molecular formula is C7H14N2. The SMILES string of the molecule is CCC/C(N)=C/C=NC. The van der Waals surface area contributed by atoms with E-state index in [0.717, 1.165) is 18.5 Å². The zero-order valence-corrected chi connectivity index (χ0v) is 6.09. The highest BCUT2D eigenvalue weighted by Gasteiger charge is 1.82. The molecule has 9 heavy (non-hydrogen) atoms. The zero-order chi connectivity index (χ0) is 7.11. The van der Waals surface area contributed by atoms with E-state index >= 15 is 0 Å². The Morgan fingerprint density at radius 1 is 1.67 bits per heavy atom. The second kappa shape index (κ2) is 5.35. The lowest BCUT2D eigenvalue weighted by Gasteiger charge is -1.92. The summed E-state index contributed by atoms with van der Waals surface area (Å²) in [7, 11) is 1.73. The van der Waals surface area contributed by atoms with E-state index in [9.17, 15) is 0 Å². The van der Waals surface area contributed by atoms with Gasteiger partial charge in [0.1, 0.15) is 0 Å². The smallest absolute Gasteiger partial charge is 0.0277 e. The number of allylic oxidation sites excluding steroid dienone is 2. The summed E-state index contributed by atoms with van der Waals surface area (Å²) in [5.74, 6) is 0. The van der Waals surface area contributed by atoms with Crippen LogP contribution in [0.3, 0.4) is 0 Å². The van der Waals surface area contributed by atoms with Gasteiger partial charge in [-0.1, -0.05) is 13.3 Å². The van der Waals surface area contributed by atoms with Crippen LogP contribution >= 0.6 is 0 Å². The van der Waals surface area contributed by atoms with E-state index < -0.39 is 0 Å². The predicted octanol–water partition coefficient (Wildman–Crippen LogP) is 1.33. The van der Waals surface area contributed by atoms with Gasteiger partial charge in [-0.2, -0.15) is 0 Å². The first-order valence-electron chi connectivity index (χ1n) is 3.18. The molecule has 0 aromatic rings. The molecule has 0 amide bonds. The largest absolute Gasteiger partial charge is 0.402 e. The Morgan fingerprint density at radius 3 is 2.78 bits per heavy atom. The molecule has 0 unspecified atom stereocenters. The first kappa shape index (κ1) is 8.21. The third kappa shape index (κ3) is 5.07. The summed E-state index contributed by atoms with van der Waals surface area (Å²) in [6.07, 6.45) is 5.61. The molecule has 0 aromatic carbocycles. The maximum absolute atomic E-state index is 5.54. The van der Waals surface area contributed by atoms with Gasteiger partial charge in [-0.3, -0.25) is 4.99 Å². The zero-order valence-electron chi connectivity index (χ0n) is 6.09. The van der Waals surface area contributed by atoms with Crippen LogP contribution in [0.2, 0.25) is 0 Å². The van der Waals surface area contributed by atoms with Gasteiger partial charge in [0.2, 0.25) is 0 Å². The lowest BCUT2D eigenvalue weighted by Crippen LogP contribution is -1.95. The highest BCUT2D eigenvalue weighted by molar-refractivity contribution is 5.71. The summed E-state index contributed by atoms with van der Waals surface area (Å²) >= 11 is 0. The molecule has 0 bridgehead atoms. The Balaban J connectivity index is 3.55. The molecule has 0 heterocycles. The maximum Gasteiger partial charge on any atom is 0.0277 e. The van der Waals surface area contributed by atoms with Gasteiger partial charge < -0.3 is 5.73 Å². The van der Waals surface area contributed by atoms with E-state index in [0.29, 0.717) is 0 Å². The van der Waals surface area contributed by atoms with Crippen LogP contribution in [-0.2, 0) is 0 Å². The Morgan fingerprint density at radius 2 is 2.33 bits per heavy atom. The van der Waals surface area contributed by atoms with Crippen molar-refractivity contribution in [3.05, 3.63) is 11.8 Å². The fourth-order valence-corrected chi connectivity index (χ4v) is 0.542. The molecule has 2 nitrogen and oxygen atoms in total. The van der Waals surface area contributed by atoms with E-state index in [4.69, 9.17) is 5.73 Å². The monoisotopic (exact) mass is 126 g/mol. The number of nitrogens with two attached hydrogens (primary N) is 1. The third-order valence-electron chi connectivity index (χ3n) is 0.976. The molecule has 0 aliphatic heterocycles. The molecule has 0 fully saturated rings. The second-order valence-corrected chi connectivity index (χ2v) is 1.90. The molecular weight excluding hydrogens is 112 g/mol. The fourth-order valence-electron chi connectivity index (χ4n) is 0.542. The van der Waals surface area contributed by atoms with Crippen molar-refractivity contribution in [1.29, 1.82) is 0 Å². The van der Waals surface area contributed by atoms with Crippen LogP contribution < -0.4 is 5.73 Å². The van der Waals surface area contributed by atoms with Crippen molar-refractivity contribution in [3.63, 3.8) is 0 Å². The molecule has 0 aliphatic rings. The molecule has 0 atom stereocenters. The minimum absolute atomic E-state index is 0.906. The number of aliphatic imine (C=N–C) groups is 1. The quantitative estimate of drug-likeness (QED) is 0.569. The summed E-state index contributed by atoms with van der Waals surface area (Å²) in [6, 6.07) is 0. The Hall–Kier alpha value is -0.790. The molecule has 0 aliphatic carbocycles. The van der Waals surface area contributed by atoms with Gasteiger partial charge >= 0.3 is 0 Å². The van der Waals surface area contributed by atoms with Gasteiger partial charge in [-0.15, -0.1) is 0 Å².